The molecule has 118 valence electrons. The highest BCUT2D eigenvalue weighted by atomic mass is 32.1. The predicted molar refractivity (Wildman–Crippen MR) is 85.2 cm³/mol. The fraction of sp³-hybridized carbons (Fsp3) is 0.188. The highest BCUT2D eigenvalue weighted by Crippen LogP contribution is 2.07. The van der Waals surface area contributed by atoms with Crippen LogP contribution in [0.25, 0.3) is 0 Å². The zero-order valence-electron chi connectivity index (χ0n) is 12.1. The molecule has 2 N–H and O–H groups in total. The van der Waals surface area contributed by atoms with Crippen molar-refractivity contribution in [3.63, 3.8) is 0 Å². The minimum atomic E-state index is -1.07. The first-order valence-electron chi connectivity index (χ1n) is 6.77. The van der Waals surface area contributed by atoms with E-state index in [4.69, 9.17) is 9.84 Å². The van der Waals surface area contributed by atoms with Crippen molar-refractivity contribution in [2.24, 2.45) is 0 Å². The number of rotatable bonds is 5. The van der Waals surface area contributed by atoms with Crippen LogP contribution in [0.4, 0.5) is 4.79 Å². The first-order valence-corrected chi connectivity index (χ1v) is 7.65. The van der Waals surface area contributed by atoms with Gasteiger partial charge in [-0.05, 0) is 11.5 Å². The second-order valence-corrected chi connectivity index (χ2v) is 5.24. The number of amides is 1. The van der Waals surface area contributed by atoms with Crippen LogP contribution in [0.3, 0.4) is 0 Å². The molecule has 1 aromatic heterocycles. The lowest BCUT2D eigenvalue weighted by Crippen LogP contribution is -2.24. The average molecular weight is 330 g/mol. The molecule has 0 unspecified atom stereocenters. The first-order chi connectivity index (χ1) is 11.1. The van der Waals surface area contributed by atoms with Crippen LogP contribution < -0.4 is 5.32 Å². The second kappa shape index (κ2) is 8.56. The van der Waals surface area contributed by atoms with Crippen LogP contribution in [0.1, 0.15) is 27.5 Å². The number of carbonyl (C=O) groups is 2. The number of hydrogen-bond acceptors (Lipinski definition) is 5. The summed E-state index contributed by atoms with van der Waals surface area (Å²) in [4.78, 5) is 26.0. The molecule has 2 aromatic rings. The van der Waals surface area contributed by atoms with Gasteiger partial charge in [-0.3, -0.25) is 0 Å². The highest BCUT2D eigenvalue weighted by Gasteiger charge is 2.06. The summed E-state index contributed by atoms with van der Waals surface area (Å²) in [5.74, 6) is 4.50. The van der Waals surface area contributed by atoms with E-state index in [9.17, 15) is 9.59 Å². The number of carboxylic acid groups (broad SMARTS) is 1. The Morgan fingerprint density at radius 1 is 1.30 bits per heavy atom. The Kier molecular flexibility index (Phi) is 6.15. The number of benzene rings is 1. The molecule has 0 saturated carbocycles. The smallest absolute Gasteiger partial charge is 0.407 e. The van der Waals surface area contributed by atoms with Gasteiger partial charge in [-0.25, -0.2) is 14.6 Å². The summed E-state index contributed by atoms with van der Waals surface area (Å²) in [7, 11) is 0. The van der Waals surface area contributed by atoms with Crippen LogP contribution in [-0.4, -0.2) is 28.7 Å². The van der Waals surface area contributed by atoms with E-state index in [-0.39, 0.29) is 12.3 Å². The Balaban J connectivity index is 1.66. The molecule has 1 amide bonds. The van der Waals surface area contributed by atoms with Gasteiger partial charge in [-0.2, -0.15) is 0 Å². The molecular weight excluding hydrogens is 316 g/mol. The van der Waals surface area contributed by atoms with Crippen molar-refractivity contribution >= 4 is 23.4 Å². The third-order valence-electron chi connectivity index (χ3n) is 2.65. The van der Waals surface area contributed by atoms with E-state index >= 15 is 0 Å². The van der Waals surface area contributed by atoms with E-state index in [1.165, 1.54) is 16.7 Å². The number of carboxylic acids is 1. The minimum absolute atomic E-state index is 0.0121. The number of ether oxygens (including phenoxy) is 1. The Bertz CT molecular complexity index is 731. The van der Waals surface area contributed by atoms with Gasteiger partial charge in [0.15, 0.2) is 10.7 Å². The number of aromatic carboxylic acids is 1. The van der Waals surface area contributed by atoms with E-state index in [0.717, 1.165) is 5.56 Å². The molecule has 7 heteroatoms. The quantitative estimate of drug-likeness (QED) is 0.649. The third-order valence-corrected chi connectivity index (χ3v) is 3.41. The molecule has 0 atom stereocenters. The van der Waals surface area contributed by atoms with Gasteiger partial charge in [0.1, 0.15) is 6.61 Å². The van der Waals surface area contributed by atoms with E-state index in [1.54, 1.807) is 0 Å². The van der Waals surface area contributed by atoms with Gasteiger partial charge in [-0.1, -0.05) is 36.3 Å². The van der Waals surface area contributed by atoms with Gasteiger partial charge >= 0.3 is 12.1 Å². The molecule has 1 heterocycles. The number of nitrogens with zero attached hydrogens (tertiary/aromatic N) is 1. The largest absolute Gasteiger partial charge is 0.476 e. The highest BCUT2D eigenvalue weighted by molar-refractivity contribution is 7.10. The molecular formula is C16H14N2O4S. The average Bonchev–Trinajstić information content (AvgIpc) is 3.03. The maximum atomic E-state index is 11.5. The summed E-state index contributed by atoms with van der Waals surface area (Å²) >= 11 is 1.17. The summed E-state index contributed by atoms with van der Waals surface area (Å²) in [5.41, 5.74) is 0.905. The SMILES string of the molecule is O=C(NCCC#Cc1nc(C(=O)O)cs1)OCc1ccccc1. The van der Waals surface area contributed by atoms with E-state index in [2.05, 4.69) is 22.1 Å². The van der Waals surface area contributed by atoms with Gasteiger partial charge in [0.05, 0.1) is 0 Å². The summed E-state index contributed by atoms with van der Waals surface area (Å²) in [6, 6.07) is 9.39. The number of thiazole rings is 1. The number of aromatic nitrogens is 1. The number of nitrogens with one attached hydrogen (secondary N) is 1. The van der Waals surface area contributed by atoms with Gasteiger partial charge < -0.3 is 15.2 Å². The summed E-state index contributed by atoms with van der Waals surface area (Å²) in [6.07, 6.45) is -0.0827. The first kappa shape index (κ1) is 16.5. The Hall–Kier alpha value is -2.85. The van der Waals surface area contributed by atoms with E-state index in [1.807, 2.05) is 30.3 Å². The summed E-state index contributed by atoms with van der Waals surface area (Å²) in [6.45, 7) is 0.563. The van der Waals surface area contributed by atoms with E-state index < -0.39 is 12.1 Å². The van der Waals surface area contributed by atoms with Crippen LogP contribution in [-0.2, 0) is 11.3 Å². The molecule has 23 heavy (non-hydrogen) atoms. The molecule has 2 rings (SSSR count). The Labute approximate surface area is 137 Å². The monoisotopic (exact) mass is 330 g/mol. The lowest BCUT2D eigenvalue weighted by molar-refractivity contribution is 0.0691. The van der Waals surface area contributed by atoms with Crippen LogP contribution in [0.15, 0.2) is 35.7 Å². The van der Waals surface area contributed by atoms with Crippen molar-refractivity contribution in [1.82, 2.24) is 10.3 Å². The maximum Gasteiger partial charge on any atom is 0.407 e. The van der Waals surface area contributed by atoms with Crippen molar-refractivity contribution < 1.29 is 19.4 Å². The topological polar surface area (TPSA) is 88.5 Å². The van der Waals surface area contributed by atoms with Crippen molar-refractivity contribution in [3.05, 3.63) is 52.0 Å². The lowest BCUT2D eigenvalue weighted by atomic mass is 10.2. The molecule has 6 nitrogen and oxygen atoms in total. The summed E-state index contributed by atoms with van der Waals surface area (Å²) in [5, 5.41) is 13.2. The van der Waals surface area contributed by atoms with Crippen molar-refractivity contribution in [2.45, 2.75) is 13.0 Å². The number of alkyl carbamates (subject to hydrolysis) is 1. The predicted octanol–water partition coefficient (Wildman–Crippen LogP) is 2.51. The van der Waals surface area contributed by atoms with Crippen LogP contribution in [0, 0.1) is 11.8 Å². The number of carbonyl (C=O) groups excluding carboxylic acids is 1. The van der Waals surface area contributed by atoms with Gasteiger partial charge in [0, 0.05) is 18.3 Å². The molecule has 0 aliphatic rings. The maximum absolute atomic E-state index is 11.5. The minimum Gasteiger partial charge on any atom is -0.476 e. The molecule has 1 aromatic carbocycles. The fourth-order valence-electron chi connectivity index (χ4n) is 1.57. The molecule has 0 aliphatic heterocycles. The second-order valence-electron chi connectivity index (χ2n) is 4.38. The van der Waals surface area contributed by atoms with E-state index in [0.29, 0.717) is 18.0 Å². The molecule has 0 fully saturated rings. The standard InChI is InChI=1S/C16H14N2O4S/c19-15(20)13-11-23-14(18-13)8-4-5-9-17-16(21)22-10-12-6-2-1-3-7-12/h1-3,6-7,11H,5,9-10H2,(H,17,21)(H,19,20). The third kappa shape index (κ3) is 5.80. The zero-order valence-corrected chi connectivity index (χ0v) is 12.9. The zero-order chi connectivity index (χ0) is 16.5. The van der Waals surface area contributed by atoms with Gasteiger partial charge in [0.2, 0.25) is 0 Å². The van der Waals surface area contributed by atoms with Crippen LogP contribution in [0.2, 0.25) is 0 Å². The van der Waals surface area contributed by atoms with Crippen molar-refractivity contribution in [3.8, 4) is 11.8 Å². The normalized spacial score (nSPS) is 9.57. The van der Waals surface area contributed by atoms with Crippen LogP contribution >= 0.6 is 11.3 Å². The molecule has 0 radical (unpaired) electrons. The fourth-order valence-corrected chi connectivity index (χ4v) is 2.23. The lowest BCUT2D eigenvalue weighted by Gasteiger charge is -2.05. The Morgan fingerprint density at radius 2 is 2.09 bits per heavy atom. The van der Waals surface area contributed by atoms with Crippen molar-refractivity contribution in [1.29, 1.82) is 0 Å². The molecule has 0 aliphatic carbocycles. The van der Waals surface area contributed by atoms with Crippen LogP contribution in [0.5, 0.6) is 0 Å². The van der Waals surface area contributed by atoms with Crippen molar-refractivity contribution in [2.75, 3.05) is 6.54 Å². The van der Waals surface area contributed by atoms with Gasteiger partial charge in [-0.15, -0.1) is 11.3 Å². The summed E-state index contributed by atoms with van der Waals surface area (Å²) < 4.78 is 5.05. The van der Waals surface area contributed by atoms with Gasteiger partial charge in [0.25, 0.3) is 0 Å². The molecule has 0 bridgehead atoms. The number of hydrogen-bond donors (Lipinski definition) is 2. The molecule has 0 saturated heterocycles. The molecule has 0 spiro atoms. The Morgan fingerprint density at radius 3 is 2.78 bits per heavy atom.